The molecule has 0 radical (unpaired) electrons. The zero-order chi connectivity index (χ0) is 24.0. The molecule has 32 heavy (non-hydrogen) atoms. The van der Waals surface area contributed by atoms with Gasteiger partial charge in [-0.05, 0) is 63.4 Å². The second-order valence-electron chi connectivity index (χ2n) is 8.10. The van der Waals surface area contributed by atoms with Gasteiger partial charge in [-0.25, -0.2) is 9.97 Å². The molecule has 0 spiro atoms. The van der Waals surface area contributed by atoms with Crippen molar-refractivity contribution in [2.45, 2.75) is 33.0 Å². The van der Waals surface area contributed by atoms with Gasteiger partial charge in [0, 0.05) is 10.7 Å². The molecule has 10 heteroatoms. The number of amides is 1. The topological polar surface area (TPSA) is 98.0 Å². The highest BCUT2D eigenvalue weighted by Gasteiger charge is 2.33. The van der Waals surface area contributed by atoms with Gasteiger partial charge in [0.2, 0.25) is 5.91 Å². The maximum atomic E-state index is 13.3. The lowest BCUT2D eigenvalue weighted by Crippen LogP contribution is -2.22. The second-order valence-corrected chi connectivity index (χ2v) is 11.3. The number of carbonyl (C=O) groups excluding carboxylic acids is 1. The first kappa shape index (κ1) is 23.7. The average Bonchev–Trinajstić information content (AvgIpc) is 2.65. The van der Waals surface area contributed by atoms with Crippen molar-refractivity contribution in [2.24, 2.45) is 5.73 Å². The van der Waals surface area contributed by atoms with Crippen LogP contribution in [0.2, 0.25) is 0 Å². The normalized spacial score (nSPS) is 13.2. The molecule has 0 unspecified atom stereocenters. The molecule has 2 aromatic carbocycles. The molecule has 6 nitrogen and oxygen atoms in total. The van der Waals surface area contributed by atoms with Crippen LogP contribution < -0.4 is 16.4 Å². The van der Waals surface area contributed by atoms with Crippen LogP contribution in [-0.2, 0) is 10.7 Å². The number of nitrogens with one attached hydrogen (secondary N) is 1. The van der Waals surface area contributed by atoms with E-state index in [0.717, 1.165) is 6.07 Å². The summed E-state index contributed by atoms with van der Waals surface area (Å²) in [6.45, 7) is 7.87. The zero-order valence-corrected chi connectivity index (χ0v) is 19.2. The number of nitrogens with two attached hydrogens (primary N) is 1. The molecule has 1 heterocycles. The third kappa shape index (κ3) is 4.63. The predicted octanol–water partition coefficient (Wildman–Crippen LogP) is 4.79. The first-order chi connectivity index (χ1) is 14.7. The molecule has 1 atom stereocenters. The Morgan fingerprint density at radius 2 is 1.81 bits per heavy atom. The Kier molecular flexibility index (Phi) is 6.08. The number of fused-ring (bicyclic) bond motifs is 1. The number of hydrogen-bond acceptors (Lipinski definition) is 5. The maximum Gasteiger partial charge on any atom is 0.416 e. The van der Waals surface area contributed by atoms with Crippen LogP contribution in [0.15, 0.2) is 30.3 Å². The quantitative estimate of drug-likeness (QED) is 0.530. The van der Waals surface area contributed by atoms with Gasteiger partial charge in [0.25, 0.3) is 0 Å². The minimum Gasteiger partial charge on any atom is -0.366 e. The van der Waals surface area contributed by atoms with E-state index >= 15 is 0 Å². The third-order valence-corrected chi connectivity index (χ3v) is 6.80. The van der Waals surface area contributed by atoms with Crippen LogP contribution in [0.25, 0.3) is 10.9 Å². The summed E-state index contributed by atoms with van der Waals surface area (Å²) in [5.74, 6) is 0.0411. The standard InChI is InChI=1S/C22H24F3N4O2P/c1-11-14(7-6-8-17(11)22(23,24)25)12(2)27-21-15-10-19(32(4,5)31)16(20(26)30)9-18(15)28-13(3)29-21/h6-10,12H,1-5H3,(H2,26,30)(H,27,28,29)/t12-/m1/s1. The van der Waals surface area contributed by atoms with Crippen LogP contribution in [0.1, 0.15) is 45.8 Å². The SMILES string of the molecule is Cc1nc(N[C@H](C)c2cccc(C(F)(F)F)c2C)c2cc(P(C)(C)=O)c(C(N)=O)cc2n1. The van der Waals surface area contributed by atoms with Crippen molar-refractivity contribution in [3.05, 3.63) is 58.4 Å². The van der Waals surface area contributed by atoms with Gasteiger partial charge in [0.15, 0.2) is 0 Å². The molecule has 0 saturated heterocycles. The van der Waals surface area contributed by atoms with E-state index in [1.165, 1.54) is 32.4 Å². The fourth-order valence-electron chi connectivity index (χ4n) is 3.75. The van der Waals surface area contributed by atoms with E-state index in [-0.39, 0.29) is 11.1 Å². The summed E-state index contributed by atoms with van der Waals surface area (Å²) in [5.41, 5.74) is 5.92. The predicted molar refractivity (Wildman–Crippen MR) is 120 cm³/mol. The molecule has 3 rings (SSSR count). The molecular formula is C22H24F3N4O2P. The smallest absolute Gasteiger partial charge is 0.366 e. The minimum atomic E-state index is -4.46. The fourth-order valence-corrected chi connectivity index (χ4v) is 4.94. The summed E-state index contributed by atoms with van der Waals surface area (Å²) < 4.78 is 52.8. The van der Waals surface area contributed by atoms with Crippen molar-refractivity contribution in [1.82, 2.24) is 9.97 Å². The van der Waals surface area contributed by atoms with Gasteiger partial charge in [-0.2, -0.15) is 13.2 Å². The van der Waals surface area contributed by atoms with Gasteiger partial charge < -0.3 is 15.6 Å². The molecule has 3 N–H and O–H groups in total. The van der Waals surface area contributed by atoms with Gasteiger partial charge in [-0.1, -0.05) is 12.1 Å². The Balaban J connectivity index is 2.16. The van der Waals surface area contributed by atoms with Crippen LogP contribution in [0, 0.1) is 13.8 Å². The number of alkyl halides is 3. The van der Waals surface area contributed by atoms with Crippen LogP contribution in [0.4, 0.5) is 19.0 Å². The highest BCUT2D eigenvalue weighted by Crippen LogP contribution is 2.39. The van der Waals surface area contributed by atoms with Crippen LogP contribution in [0.3, 0.4) is 0 Å². The number of halogens is 3. The molecule has 0 saturated carbocycles. The van der Waals surface area contributed by atoms with E-state index < -0.39 is 30.8 Å². The van der Waals surface area contributed by atoms with Crippen LogP contribution in [0.5, 0.6) is 0 Å². The minimum absolute atomic E-state index is 0.122. The molecule has 0 aliphatic rings. The molecule has 1 aromatic heterocycles. The molecule has 0 aliphatic heterocycles. The maximum absolute atomic E-state index is 13.3. The average molecular weight is 464 g/mol. The summed E-state index contributed by atoms with van der Waals surface area (Å²) in [6, 6.07) is 6.57. The highest BCUT2D eigenvalue weighted by molar-refractivity contribution is 7.70. The zero-order valence-electron chi connectivity index (χ0n) is 18.3. The lowest BCUT2D eigenvalue weighted by Gasteiger charge is -2.21. The summed E-state index contributed by atoms with van der Waals surface area (Å²) >= 11 is 0. The second kappa shape index (κ2) is 8.20. The van der Waals surface area contributed by atoms with Crippen LogP contribution in [-0.4, -0.2) is 29.2 Å². The molecule has 3 aromatic rings. The number of benzene rings is 2. The molecule has 170 valence electrons. The Bertz CT molecular complexity index is 1270. The van der Waals surface area contributed by atoms with Gasteiger partial charge in [-0.3, -0.25) is 4.79 Å². The Morgan fingerprint density at radius 3 is 2.38 bits per heavy atom. The lowest BCUT2D eigenvalue weighted by atomic mass is 9.97. The number of nitrogens with zero attached hydrogens (tertiary/aromatic N) is 2. The lowest BCUT2D eigenvalue weighted by molar-refractivity contribution is -0.138. The van der Waals surface area contributed by atoms with Crippen molar-refractivity contribution in [3.63, 3.8) is 0 Å². The number of aryl methyl sites for hydroxylation is 1. The van der Waals surface area contributed by atoms with Gasteiger partial charge >= 0.3 is 6.18 Å². The number of aromatic nitrogens is 2. The van der Waals surface area contributed by atoms with E-state index in [9.17, 15) is 22.5 Å². The molecule has 0 fully saturated rings. The summed E-state index contributed by atoms with van der Waals surface area (Å²) in [7, 11) is -2.88. The first-order valence-electron chi connectivity index (χ1n) is 9.81. The van der Waals surface area contributed by atoms with Gasteiger partial charge in [0.05, 0.1) is 22.7 Å². The Labute approximate surface area is 183 Å². The number of primary amides is 1. The number of anilines is 1. The van der Waals surface area contributed by atoms with E-state index in [0.29, 0.717) is 33.4 Å². The van der Waals surface area contributed by atoms with Gasteiger partial charge in [-0.15, -0.1) is 0 Å². The molecule has 0 bridgehead atoms. The van der Waals surface area contributed by atoms with Crippen LogP contribution >= 0.6 is 7.14 Å². The van der Waals surface area contributed by atoms with Crippen molar-refractivity contribution < 1.29 is 22.5 Å². The van der Waals surface area contributed by atoms with E-state index in [1.54, 1.807) is 26.0 Å². The van der Waals surface area contributed by atoms with E-state index in [1.807, 2.05) is 0 Å². The van der Waals surface area contributed by atoms with E-state index in [2.05, 4.69) is 15.3 Å². The molecule has 0 aliphatic carbocycles. The van der Waals surface area contributed by atoms with Crippen molar-refractivity contribution >= 4 is 35.1 Å². The van der Waals surface area contributed by atoms with Crippen molar-refractivity contribution in [3.8, 4) is 0 Å². The highest BCUT2D eigenvalue weighted by atomic mass is 31.2. The first-order valence-corrected chi connectivity index (χ1v) is 12.4. The van der Waals surface area contributed by atoms with E-state index in [4.69, 9.17) is 5.73 Å². The summed E-state index contributed by atoms with van der Waals surface area (Å²) in [4.78, 5) is 20.7. The fraction of sp³-hybridized carbons (Fsp3) is 0.318. The number of rotatable bonds is 5. The molecular weight excluding hydrogens is 440 g/mol. The third-order valence-electron chi connectivity index (χ3n) is 5.27. The Morgan fingerprint density at radius 1 is 1.16 bits per heavy atom. The molecule has 1 amide bonds. The van der Waals surface area contributed by atoms with Crippen molar-refractivity contribution in [1.29, 1.82) is 0 Å². The number of carbonyl (C=O) groups is 1. The summed E-state index contributed by atoms with van der Waals surface area (Å²) in [5, 5.41) is 3.96. The number of hydrogen-bond donors (Lipinski definition) is 2. The Hall–Kier alpha value is -2.93. The van der Waals surface area contributed by atoms with Gasteiger partial charge in [0.1, 0.15) is 18.8 Å². The largest absolute Gasteiger partial charge is 0.416 e. The monoisotopic (exact) mass is 464 g/mol. The van der Waals surface area contributed by atoms with Crippen molar-refractivity contribution in [2.75, 3.05) is 18.6 Å². The summed E-state index contributed by atoms with van der Waals surface area (Å²) in [6.07, 6.45) is -4.46.